The number of aliphatic hydroxyl groups excluding tert-OH is 1. The van der Waals surface area contributed by atoms with Crippen LogP contribution < -0.4 is 0 Å². The topological polar surface area (TPSA) is 48.5 Å². The van der Waals surface area contributed by atoms with Gasteiger partial charge in [0.25, 0.3) is 0 Å². The molecule has 0 radical (unpaired) electrons. The lowest BCUT2D eigenvalue weighted by atomic mass is 9.73. The maximum atomic E-state index is 9.55. The zero-order chi connectivity index (χ0) is 20.9. The summed E-state index contributed by atoms with van der Waals surface area (Å²) in [7, 11) is 4.30. The fraction of sp³-hybridized carbons (Fsp3) is 0.680. The zero-order valence-electron chi connectivity index (χ0n) is 18.8. The highest BCUT2D eigenvalue weighted by Gasteiger charge is 2.44. The number of nitrogens with one attached hydrogen (secondary N) is 1. The number of para-hydroxylation sites is 1. The molecule has 0 bridgehead atoms. The Kier molecular flexibility index (Phi) is 7.78. The van der Waals surface area contributed by atoms with Gasteiger partial charge in [-0.1, -0.05) is 38.5 Å². The standard InChI is InChI=1S/C25H40N2O2/c1-5-25(20(9-8-17-28)13-12-19(2)14-16-27(3)4)24-22(15-18-29-25)21-10-6-7-11-23(21)26-24/h6-7,10-11,19-20,26,28H,5,8-9,12-18H2,1-4H3. The van der Waals surface area contributed by atoms with E-state index in [0.717, 1.165) is 45.3 Å². The number of aromatic amines is 1. The molecule has 1 aliphatic rings. The minimum absolute atomic E-state index is 0.256. The van der Waals surface area contributed by atoms with Gasteiger partial charge < -0.3 is 19.7 Å². The van der Waals surface area contributed by atoms with Gasteiger partial charge in [0.1, 0.15) is 5.60 Å². The van der Waals surface area contributed by atoms with Crippen molar-refractivity contribution in [3.05, 3.63) is 35.5 Å². The van der Waals surface area contributed by atoms with Crippen molar-refractivity contribution >= 4 is 10.9 Å². The molecule has 4 heteroatoms. The van der Waals surface area contributed by atoms with Crippen LogP contribution in [0, 0.1) is 11.8 Å². The summed E-state index contributed by atoms with van der Waals surface area (Å²) in [5.74, 6) is 1.13. The molecule has 2 heterocycles. The van der Waals surface area contributed by atoms with Crippen molar-refractivity contribution in [1.29, 1.82) is 0 Å². The number of H-pyrrole nitrogens is 1. The number of rotatable bonds is 11. The van der Waals surface area contributed by atoms with Crippen LogP contribution in [0.3, 0.4) is 0 Å². The first-order valence-electron chi connectivity index (χ1n) is 11.5. The van der Waals surface area contributed by atoms with Crippen molar-refractivity contribution < 1.29 is 9.84 Å². The number of nitrogens with zero attached hydrogens (tertiary/aromatic N) is 1. The number of aromatic nitrogens is 1. The molecule has 3 atom stereocenters. The monoisotopic (exact) mass is 400 g/mol. The largest absolute Gasteiger partial charge is 0.396 e. The molecule has 1 aliphatic heterocycles. The van der Waals surface area contributed by atoms with Crippen LogP contribution >= 0.6 is 0 Å². The Labute approximate surface area is 176 Å². The van der Waals surface area contributed by atoms with Gasteiger partial charge in [-0.3, -0.25) is 0 Å². The Balaban J connectivity index is 1.87. The van der Waals surface area contributed by atoms with E-state index < -0.39 is 0 Å². The van der Waals surface area contributed by atoms with Gasteiger partial charge in [0.05, 0.1) is 12.3 Å². The first kappa shape index (κ1) is 22.3. The van der Waals surface area contributed by atoms with Crippen LogP contribution in [0.5, 0.6) is 0 Å². The molecule has 0 saturated heterocycles. The average Bonchev–Trinajstić information content (AvgIpc) is 3.11. The minimum Gasteiger partial charge on any atom is -0.396 e. The van der Waals surface area contributed by atoms with E-state index in [1.165, 1.54) is 35.0 Å². The average molecular weight is 401 g/mol. The second-order valence-corrected chi connectivity index (χ2v) is 9.20. The summed E-state index contributed by atoms with van der Waals surface area (Å²) in [5, 5.41) is 10.9. The van der Waals surface area contributed by atoms with E-state index in [0.29, 0.717) is 11.8 Å². The Morgan fingerprint density at radius 3 is 2.69 bits per heavy atom. The fourth-order valence-electron chi connectivity index (χ4n) is 5.17. The second kappa shape index (κ2) is 10.1. The molecule has 2 N–H and O–H groups in total. The Hall–Kier alpha value is -1.36. The molecule has 1 aromatic carbocycles. The third kappa shape index (κ3) is 4.87. The second-order valence-electron chi connectivity index (χ2n) is 9.20. The van der Waals surface area contributed by atoms with Gasteiger partial charge in [-0.05, 0) is 82.6 Å². The number of aliphatic hydroxyl groups is 1. The number of ether oxygens (including phenoxy) is 1. The lowest BCUT2D eigenvalue weighted by Gasteiger charge is -2.43. The highest BCUT2D eigenvalue weighted by Crippen LogP contribution is 2.47. The summed E-state index contributed by atoms with van der Waals surface area (Å²) in [6, 6.07) is 8.66. The highest BCUT2D eigenvalue weighted by molar-refractivity contribution is 5.85. The number of hydrogen-bond acceptors (Lipinski definition) is 3. The normalized spacial score (nSPS) is 21.4. The van der Waals surface area contributed by atoms with Gasteiger partial charge in [-0.25, -0.2) is 0 Å². The molecule has 1 aromatic heterocycles. The van der Waals surface area contributed by atoms with E-state index in [-0.39, 0.29) is 12.2 Å². The van der Waals surface area contributed by atoms with Crippen LogP contribution in [0.25, 0.3) is 10.9 Å². The summed E-state index contributed by atoms with van der Waals surface area (Å²) >= 11 is 0. The molecule has 3 unspecified atom stereocenters. The molecule has 3 rings (SSSR count). The molecule has 2 aromatic rings. The molecule has 0 spiro atoms. The molecular weight excluding hydrogens is 360 g/mol. The first-order chi connectivity index (χ1) is 14.0. The number of benzene rings is 1. The predicted molar refractivity (Wildman–Crippen MR) is 121 cm³/mol. The van der Waals surface area contributed by atoms with Crippen molar-refractivity contribution in [1.82, 2.24) is 9.88 Å². The molecule has 0 amide bonds. The molecule has 4 nitrogen and oxygen atoms in total. The third-order valence-corrected chi connectivity index (χ3v) is 6.92. The van der Waals surface area contributed by atoms with E-state index in [9.17, 15) is 5.11 Å². The van der Waals surface area contributed by atoms with Gasteiger partial charge in [0.2, 0.25) is 0 Å². The minimum atomic E-state index is -0.261. The smallest absolute Gasteiger partial charge is 0.111 e. The van der Waals surface area contributed by atoms with E-state index >= 15 is 0 Å². The summed E-state index contributed by atoms with van der Waals surface area (Å²) in [6.45, 7) is 6.83. The van der Waals surface area contributed by atoms with E-state index in [1.54, 1.807) is 0 Å². The van der Waals surface area contributed by atoms with Crippen LogP contribution in [-0.4, -0.2) is 48.8 Å². The van der Waals surface area contributed by atoms with Crippen LogP contribution in [0.1, 0.15) is 63.6 Å². The quantitative estimate of drug-likeness (QED) is 0.551. The van der Waals surface area contributed by atoms with Gasteiger partial charge >= 0.3 is 0 Å². The zero-order valence-corrected chi connectivity index (χ0v) is 18.8. The molecule has 0 aliphatic carbocycles. The molecule has 0 fully saturated rings. The van der Waals surface area contributed by atoms with E-state index in [2.05, 4.69) is 62.1 Å². The van der Waals surface area contributed by atoms with E-state index in [4.69, 9.17) is 4.74 Å². The SMILES string of the molecule is CCC1(C(CCCO)CCC(C)CCN(C)C)OCCc2c1[nH]c1ccccc21. The van der Waals surface area contributed by atoms with Crippen LogP contribution in [0.15, 0.2) is 24.3 Å². The Morgan fingerprint density at radius 1 is 1.17 bits per heavy atom. The van der Waals surface area contributed by atoms with Gasteiger partial charge in [-0.15, -0.1) is 0 Å². The summed E-state index contributed by atoms with van der Waals surface area (Å²) in [4.78, 5) is 6.02. The van der Waals surface area contributed by atoms with Gasteiger partial charge in [0.15, 0.2) is 0 Å². The lowest BCUT2D eigenvalue weighted by Crippen LogP contribution is -2.42. The maximum absolute atomic E-state index is 9.55. The van der Waals surface area contributed by atoms with Crippen molar-refractivity contribution in [3.63, 3.8) is 0 Å². The highest BCUT2D eigenvalue weighted by atomic mass is 16.5. The van der Waals surface area contributed by atoms with Crippen molar-refractivity contribution in [2.24, 2.45) is 11.8 Å². The Bertz CT molecular complexity index is 769. The number of hydrogen-bond donors (Lipinski definition) is 2. The maximum Gasteiger partial charge on any atom is 0.111 e. The van der Waals surface area contributed by atoms with Crippen LogP contribution in [-0.2, 0) is 16.8 Å². The van der Waals surface area contributed by atoms with Crippen LogP contribution in [0.2, 0.25) is 0 Å². The summed E-state index contributed by atoms with van der Waals surface area (Å²) in [6.07, 6.45) is 7.40. The van der Waals surface area contributed by atoms with Crippen molar-refractivity contribution in [2.75, 3.05) is 33.9 Å². The van der Waals surface area contributed by atoms with E-state index in [1.807, 2.05) is 0 Å². The Morgan fingerprint density at radius 2 is 1.97 bits per heavy atom. The molecule has 162 valence electrons. The van der Waals surface area contributed by atoms with Crippen molar-refractivity contribution in [3.8, 4) is 0 Å². The summed E-state index contributed by atoms with van der Waals surface area (Å²) < 4.78 is 6.64. The molecule has 0 saturated carbocycles. The first-order valence-corrected chi connectivity index (χ1v) is 11.5. The third-order valence-electron chi connectivity index (χ3n) is 6.92. The molecular formula is C25H40N2O2. The fourth-order valence-corrected chi connectivity index (χ4v) is 5.17. The lowest BCUT2D eigenvalue weighted by molar-refractivity contribution is -0.114. The summed E-state index contributed by atoms with van der Waals surface area (Å²) in [5.41, 5.74) is 3.71. The van der Waals surface area contributed by atoms with Gasteiger partial charge in [0, 0.05) is 17.5 Å². The molecule has 29 heavy (non-hydrogen) atoms. The van der Waals surface area contributed by atoms with Crippen molar-refractivity contribution in [2.45, 2.75) is 64.4 Å². The predicted octanol–water partition coefficient (Wildman–Crippen LogP) is 5.10. The number of fused-ring (bicyclic) bond motifs is 3. The van der Waals surface area contributed by atoms with Crippen LogP contribution in [0.4, 0.5) is 0 Å². The van der Waals surface area contributed by atoms with Gasteiger partial charge in [-0.2, -0.15) is 0 Å².